The van der Waals surface area contributed by atoms with Crippen molar-refractivity contribution in [2.75, 3.05) is 45.8 Å². The lowest BCUT2D eigenvalue weighted by Gasteiger charge is -2.29. The molecule has 2 aliphatic rings. The normalized spacial score (nSPS) is 24.6. The second-order valence-electron chi connectivity index (χ2n) is 6.72. The number of rotatable bonds is 4. The molecule has 2 aliphatic heterocycles. The number of nitrogens with one attached hydrogen (secondary N) is 1. The molecule has 1 aromatic carbocycles. The smallest absolute Gasteiger partial charge is 0.243 e. The van der Waals surface area contributed by atoms with Gasteiger partial charge >= 0.3 is 0 Å². The topological polar surface area (TPSA) is 52.7 Å². The van der Waals surface area contributed by atoms with Gasteiger partial charge in [0, 0.05) is 26.2 Å². The minimum atomic E-state index is -3.53. The fourth-order valence-corrected chi connectivity index (χ4v) is 5.04. The van der Waals surface area contributed by atoms with Crippen molar-refractivity contribution in [3.05, 3.63) is 30.1 Å². The molecule has 3 rings (SSSR count). The SMILES string of the molecule is O=S(=O)(c1ccc(F)cc1)N1CCCN(CC2CCCNC2)CC1. The number of hydrogen-bond donors (Lipinski definition) is 1. The maximum Gasteiger partial charge on any atom is 0.243 e. The van der Waals surface area contributed by atoms with Crippen molar-refractivity contribution in [3.63, 3.8) is 0 Å². The number of piperidine rings is 1. The average Bonchev–Trinajstić information content (AvgIpc) is 2.82. The lowest BCUT2D eigenvalue weighted by atomic mass is 9.99. The molecule has 1 atom stereocenters. The van der Waals surface area contributed by atoms with E-state index in [0.717, 1.165) is 39.1 Å². The summed E-state index contributed by atoms with van der Waals surface area (Å²) < 4.78 is 40.0. The Labute approximate surface area is 143 Å². The van der Waals surface area contributed by atoms with Crippen LogP contribution >= 0.6 is 0 Å². The minimum absolute atomic E-state index is 0.175. The third-order valence-corrected chi connectivity index (χ3v) is 6.83. The zero-order valence-electron chi connectivity index (χ0n) is 14.0. The molecule has 0 spiro atoms. The molecule has 1 N–H and O–H groups in total. The molecule has 0 radical (unpaired) electrons. The Hall–Kier alpha value is -1.02. The quantitative estimate of drug-likeness (QED) is 0.890. The third-order valence-electron chi connectivity index (χ3n) is 4.91. The molecule has 0 aromatic heterocycles. The van der Waals surface area contributed by atoms with Gasteiger partial charge in [-0.2, -0.15) is 4.31 Å². The number of halogens is 1. The summed E-state index contributed by atoms with van der Waals surface area (Å²) in [5.74, 6) is 0.246. The van der Waals surface area contributed by atoms with Gasteiger partial charge in [0.25, 0.3) is 0 Å². The molecule has 24 heavy (non-hydrogen) atoms. The molecule has 1 aromatic rings. The molecule has 0 aliphatic carbocycles. The Morgan fingerprint density at radius 3 is 2.58 bits per heavy atom. The maximum absolute atomic E-state index is 13.0. The van der Waals surface area contributed by atoms with E-state index in [-0.39, 0.29) is 4.90 Å². The van der Waals surface area contributed by atoms with Crippen LogP contribution in [0.15, 0.2) is 29.2 Å². The summed E-state index contributed by atoms with van der Waals surface area (Å²) in [6.45, 7) is 5.94. The second-order valence-corrected chi connectivity index (χ2v) is 8.66. The van der Waals surface area contributed by atoms with E-state index >= 15 is 0 Å². The van der Waals surface area contributed by atoms with E-state index in [1.165, 1.54) is 37.1 Å². The predicted molar refractivity (Wildman–Crippen MR) is 91.8 cm³/mol. The lowest BCUT2D eigenvalue weighted by Crippen LogP contribution is -2.40. The van der Waals surface area contributed by atoms with E-state index < -0.39 is 15.8 Å². The highest BCUT2D eigenvalue weighted by Crippen LogP contribution is 2.19. The van der Waals surface area contributed by atoms with Gasteiger partial charge in [0.05, 0.1) is 4.90 Å². The first-order valence-electron chi connectivity index (χ1n) is 8.74. The van der Waals surface area contributed by atoms with Crippen LogP contribution in [-0.2, 0) is 10.0 Å². The summed E-state index contributed by atoms with van der Waals surface area (Å²) in [6.07, 6.45) is 3.31. The zero-order chi connectivity index (χ0) is 17.0. The molecule has 2 saturated heterocycles. The van der Waals surface area contributed by atoms with Crippen LogP contribution in [0.25, 0.3) is 0 Å². The van der Waals surface area contributed by atoms with Crippen LogP contribution in [0.2, 0.25) is 0 Å². The van der Waals surface area contributed by atoms with Crippen molar-refractivity contribution in [3.8, 4) is 0 Å². The molecular weight excluding hydrogens is 329 g/mol. The van der Waals surface area contributed by atoms with Crippen LogP contribution in [0.5, 0.6) is 0 Å². The van der Waals surface area contributed by atoms with Crippen molar-refractivity contribution < 1.29 is 12.8 Å². The van der Waals surface area contributed by atoms with E-state index in [2.05, 4.69) is 10.2 Å². The van der Waals surface area contributed by atoms with Gasteiger partial charge < -0.3 is 10.2 Å². The van der Waals surface area contributed by atoms with Crippen molar-refractivity contribution in [1.29, 1.82) is 0 Å². The van der Waals surface area contributed by atoms with Crippen LogP contribution in [0, 0.1) is 11.7 Å². The van der Waals surface area contributed by atoms with Gasteiger partial charge in [-0.3, -0.25) is 0 Å². The van der Waals surface area contributed by atoms with Gasteiger partial charge in [-0.1, -0.05) is 0 Å². The van der Waals surface area contributed by atoms with Crippen LogP contribution in [0.1, 0.15) is 19.3 Å². The molecule has 2 heterocycles. The minimum Gasteiger partial charge on any atom is -0.316 e. The first-order valence-corrected chi connectivity index (χ1v) is 10.2. The fourth-order valence-electron chi connectivity index (χ4n) is 3.57. The number of nitrogens with zero attached hydrogens (tertiary/aromatic N) is 2. The van der Waals surface area contributed by atoms with Crippen LogP contribution < -0.4 is 5.32 Å². The summed E-state index contributed by atoms with van der Waals surface area (Å²) in [6, 6.07) is 5.10. The highest BCUT2D eigenvalue weighted by atomic mass is 32.2. The van der Waals surface area contributed by atoms with Crippen molar-refractivity contribution in [2.24, 2.45) is 5.92 Å². The van der Waals surface area contributed by atoms with Gasteiger partial charge in [-0.25, -0.2) is 12.8 Å². The van der Waals surface area contributed by atoms with Gasteiger partial charge in [-0.15, -0.1) is 0 Å². The molecule has 0 amide bonds. The predicted octanol–water partition coefficient (Wildman–Crippen LogP) is 1.52. The Kier molecular flexibility index (Phi) is 5.86. The summed E-state index contributed by atoms with van der Waals surface area (Å²) >= 11 is 0. The molecule has 2 fully saturated rings. The summed E-state index contributed by atoms with van der Waals surface area (Å²) in [5, 5.41) is 3.44. The Balaban J connectivity index is 1.61. The zero-order valence-corrected chi connectivity index (χ0v) is 14.8. The van der Waals surface area contributed by atoms with E-state index in [1.807, 2.05) is 0 Å². The monoisotopic (exact) mass is 355 g/mol. The highest BCUT2D eigenvalue weighted by Gasteiger charge is 2.27. The molecule has 134 valence electrons. The number of sulfonamides is 1. The summed E-state index contributed by atoms with van der Waals surface area (Å²) in [4.78, 5) is 2.56. The van der Waals surface area contributed by atoms with Gasteiger partial charge in [0.2, 0.25) is 10.0 Å². The van der Waals surface area contributed by atoms with Crippen molar-refractivity contribution in [1.82, 2.24) is 14.5 Å². The number of benzene rings is 1. The first kappa shape index (κ1) is 17.8. The standard InChI is InChI=1S/C17H26FN3O2S/c18-16-4-6-17(7-5-16)24(22,23)21-10-2-9-20(11-12-21)14-15-3-1-8-19-13-15/h4-7,15,19H,1-3,8-14H2. The molecule has 0 saturated carbocycles. The van der Waals surface area contributed by atoms with E-state index in [1.54, 1.807) is 4.31 Å². The second kappa shape index (κ2) is 7.91. The molecule has 7 heteroatoms. The Morgan fingerprint density at radius 1 is 1.08 bits per heavy atom. The van der Waals surface area contributed by atoms with E-state index in [4.69, 9.17) is 0 Å². The Morgan fingerprint density at radius 2 is 1.88 bits per heavy atom. The number of hydrogen-bond acceptors (Lipinski definition) is 4. The first-order chi connectivity index (χ1) is 11.6. The summed E-state index contributed by atoms with van der Waals surface area (Å²) in [7, 11) is -3.53. The van der Waals surface area contributed by atoms with Crippen molar-refractivity contribution in [2.45, 2.75) is 24.2 Å². The maximum atomic E-state index is 13.0. The Bertz CT molecular complexity index is 630. The van der Waals surface area contributed by atoms with Gasteiger partial charge in [0.15, 0.2) is 0 Å². The molecular formula is C17H26FN3O2S. The van der Waals surface area contributed by atoms with Crippen molar-refractivity contribution >= 4 is 10.0 Å². The molecule has 1 unspecified atom stereocenters. The van der Waals surface area contributed by atoms with Crippen LogP contribution in [-0.4, -0.2) is 63.4 Å². The molecule has 5 nitrogen and oxygen atoms in total. The van der Waals surface area contributed by atoms with E-state index in [9.17, 15) is 12.8 Å². The van der Waals surface area contributed by atoms with Crippen LogP contribution in [0.3, 0.4) is 0 Å². The highest BCUT2D eigenvalue weighted by molar-refractivity contribution is 7.89. The van der Waals surface area contributed by atoms with E-state index in [0.29, 0.717) is 19.0 Å². The third kappa shape index (κ3) is 4.33. The average molecular weight is 355 g/mol. The van der Waals surface area contributed by atoms with Gasteiger partial charge in [0.1, 0.15) is 5.82 Å². The molecule has 0 bridgehead atoms. The largest absolute Gasteiger partial charge is 0.316 e. The van der Waals surface area contributed by atoms with Crippen LogP contribution in [0.4, 0.5) is 4.39 Å². The lowest BCUT2D eigenvalue weighted by molar-refractivity contribution is 0.216. The summed E-state index contributed by atoms with van der Waals surface area (Å²) in [5.41, 5.74) is 0. The fraction of sp³-hybridized carbons (Fsp3) is 0.647. The van der Waals surface area contributed by atoms with Gasteiger partial charge in [-0.05, 0) is 69.1 Å².